The number of aromatic nitrogens is 4. The second kappa shape index (κ2) is 7.14. The van der Waals surface area contributed by atoms with E-state index < -0.39 is 6.04 Å². The van der Waals surface area contributed by atoms with Gasteiger partial charge in [0.25, 0.3) is 0 Å². The van der Waals surface area contributed by atoms with E-state index in [0.29, 0.717) is 6.42 Å². The molecule has 0 fully saturated rings. The molecular formula is C14H16N6O. The van der Waals surface area contributed by atoms with Gasteiger partial charge in [-0.05, 0) is 34.5 Å². The van der Waals surface area contributed by atoms with Crippen LogP contribution in [0, 0.1) is 11.3 Å². The second-order valence-electron chi connectivity index (χ2n) is 4.64. The highest BCUT2D eigenvalue weighted by molar-refractivity contribution is 5.79. The fraction of sp³-hybridized carbons (Fsp3) is 0.357. The molecule has 2 aromatic rings. The van der Waals surface area contributed by atoms with Crippen molar-refractivity contribution in [2.75, 3.05) is 0 Å². The Balaban J connectivity index is 1.94. The lowest BCUT2D eigenvalue weighted by atomic mass is 10.1. The lowest BCUT2D eigenvalue weighted by molar-refractivity contribution is -0.120. The Morgan fingerprint density at radius 1 is 1.43 bits per heavy atom. The van der Waals surface area contributed by atoms with Crippen molar-refractivity contribution < 1.29 is 4.79 Å². The molecule has 7 heteroatoms. The molecule has 1 atom stereocenters. The maximum absolute atomic E-state index is 11.9. The fourth-order valence-corrected chi connectivity index (χ4v) is 1.93. The number of carbonyl (C=O) groups excluding carboxylic acids is 1. The van der Waals surface area contributed by atoms with Gasteiger partial charge in [-0.1, -0.05) is 25.5 Å². The Labute approximate surface area is 122 Å². The summed E-state index contributed by atoms with van der Waals surface area (Å²) in [4.78, 5) is 11.9. The van der Waals surface area contributed by atoms with Crippen LogP contribution in [0.4, 0.5) is 0 Å². The molecule has 1 aromatic heterocycles. The molecule has 0 saturated heterocycles. The summed E-state index contributed by atoms with van der Waals surface area (Å²) in [6.45, 7) is 1.98. The molecule has 0 unspecified atom stereocenters. The van der Waals surface area contributed by atoms with Crippen LogP contribution in [0.3, 0.4) is 0 Å². The van der Waals surface area contributed by atoms with Crippen LogP contribution in [0.2, 0.25) is 0 Å². The number of nitrogens with one attached hydrogen (secondary N) is 1. The maximum atomic E-state index is 11.9. The molecule has 0 aliphatic heterocycles. The molecule has 0 aliphatic carbocycles. The Bertz CT molecular complexity index is 614. The van der Waals surface area contributed by atoms with Crippen LogP contribution >= 0.6 is 0 Å². The third kappa shape index (κ3) is 4.11. The average Bonchev–Trinajstić information content (AvgIpc) is 3.01. The molecule has 0 saturated carbocycles. The van der Waals surface area contributed by atoms with E-state index in [1.54, 1.807) is 0 Å². The van der Waals surface area contributed by atoms with Gasteiger partial charge in [0.05, 0.1) is 18.2 Å². The minimum absolute atomic E-state index is 0.148. The fourth-order valence-electron chi connectivity index (χ4n) is 1.93. The molecule has 0 bridgehead atoms. The van der Waals surface area contributed by atoms with Crippen LogP contribution in [0.25, 0.3) is 5.69 Å². The molecule has 1 aromatic carbocycles. The number of hydrogen-bond donors (Lipinski definition) is 1. The van der Waals surface area contributed by atoms with E-state index >= 15 is 0 Å². The van der Waals surface area contributed by atoms with E-state index in [0.717, 1.165) is 17.7 Å². The molecule has 1 amide bonds. The summed E-state index contributed by atoms with van der Waals surface area (Å²) >= 11 is 0. The van der Waals surface area contributed by atoms with Gasteiger partial charge >= 0.3 is 0 Å². The highest BCUT2D eigenvalue weighted by atomic mass is 16.1. The second-order valence-corrected chi connectivity index (χ2v) is 4.64. The molecule has 108 valence electrons. The van der Waals surface area contributed by atoms with Gasteiger partial charge in [0.2, 0.25) is 5.91 Å². The first-order chi connectivity index (χ1) is 10.2. The Hall–Kier alpha value is -2.75. The number of nitriles is 1. The summed E-state index contributed by atoms with van der Waals surface area (Å²) in [5.74, 6) is -0.148. The van der Waals surface area contributed by atoms with Crippen LogP contribution in [0.1, 0.15) is 25.3 Å². The van der Waals surface area contributed by atoms with E-state index in [2.05, 4.69) is 26.9 Å². The van der Waals surface area contributed by atoms with Crippen LogP contribution in [-0.4, -0.2) is 32.2 Å². The largest absolute Gasteiger partial charge is 0.340 e. The third-order valence-corrected chi connectivity index (χ3v) is 2.98. The van der Waals surface area contributed by atoms with Crippen LogP contribution in [0.15, 0.2) is 30.6 Å². The Kier molecular flexibility index (Phi) is 4.99. The Morgan fingerprint density at radius 2 is 2.19 bits per heavy atom. The van der Waals surface area contributed by atoms with E-state index in [9.17, 15) is 4.79 Å². The first-order valence-electron chi connectivity index (χ1n) is 6.74. The van der Waals surface area contributed by atoms with Crippen molar-refractivity contribution >= 4 is 5.91 Å². The van der Waals surface area contributed by atoms with Crippen molar-refractivity contribution in [2.45, 2.75) is 32.2 Å². The summed E-state index contributed by atoms with van der Waals surface area (Å²) < 4.78 is 1.54. The van der Waals surface area contributed by atoms with Gasteiger partial charge in [-0.25, -0.2) is 4.68 Å². The van der Waals surface area contributed by atoms with Crippen molar-refractivity contribution in [3.8, 4) is 11.8 Å². The quantitative estimate of drug-likeness (QED) is 0.854. The number of nitrogens with zero attached hydrogens (tertiary/aromatic N) is 5. The molecule has 0 spiro atoms. The zero-order valence-corrected chi connectivity index (χ0v) is 11.7. The van der Waals surface area contributed by atoms with E-state index in [1.165, 1.54) is 11.0 Å². The topological polar surface area (TPSA) is 96.5 Å². The molecule has 21 heavy (non-hydrogen) atoms. The smallest absolute Gasteiger partial charge is 0.225 e. The van der Waals surface area contributed by atoms with Crippen LogP contribution in [0.5, 0.6) is 0 Å². The summed E-state index contributed by atoms with van der Waals surface area (Å²) in [6.07, 6.45) is 3.28. The zero-order valence-electron chi connectivity index (χ0n) is 11.7. The zero-order chi connectivity index (χ0) is 15.1. The SMILES string of the molecule is CCC[C@@H](C#N)NC(=O)Cc1ccc(-n2cnnn2)cc1. The van der Waals surface area contributed by atoms with Gasteiger partial charge in [-0.15, -0.1) is 5.10 Å². The number of rotatable bonds is 6. The molecule has 1 N–H and O–H groups in total. The van der Waals surface area contributed by atoms with Gasteiger partial charge in [-0.3, -0.25) is 4.79 Å². The minimum atomic E-state index is -0.414. The number of tetrazole rings is 1. The van der Waals surface area contributed by atoms with Crippen molar-refractivity contribution in [2.24, 2.45) is 0 Å². The van der Waals surface area contributed by atoms with Gasteiger partial charge < -0.3 is 5.32 Å². The van der Waals surface area contributed by atoms with Crippen LogP contribution < -0.4 is 5.32 Å². The third-order valence-electron chi connectivity index (χ3n) is 2.98. The molecule has 1 heterocycles. The lowest BCUT2D eigenvalue weighted by Gasteiger charge is -2.10. The minimum Gasteiger partial charge on any atom is -0.340 e. The number of benzene rings is 1. The van der Waals surface area contributed by atoms with E-state index in [-0.39, 0.29) is 12.3 Å². The lowest BCUT2D eigenvalue weighted by Crippen LogP contribution is -2.34. The first-order valence-corrected chi connectivity index (χ1v) is 6.74. The number of carbonyl (C=O) groups is 1. The first kappa shape index (κ1) is 14.7. The van der Waals surface area contributed by atoms with Crippen LogP contribution in [-0.2, 0) is 11.2 Å². The number of amides is 1. The summed E-state index contributed by atoms with van der Waals surface area (Å²) in [5.41, 5.74) is 1.70. The molecule has 2 rings (SSSR count). The molecular weight excluding hydrogens is 268 g/mol. The van der Waals surface area contributed by atoms with Crippen molar-refractivity contribution in [3.05, 3.63) is 36.2 Å². The van der Waals surface area contributed by atoms with Gasteiger partial charge in [-0.2, -0.15) is 5.26 Å². The molecule has 0 radical (unpaired) electrons. The predicted molar refractivity (Wildman–Crippen MR) is 75.3 cm³/mol. The van der Waals surface area contributed by atoms with Gasteiger partial charge in [0.15, 0.2) is 0 Å². The van der Waals surface area contributed by atoms with Crippen molar-refractivity contribution in [1.82, 2.24) is 25.5 Å². The van der Waals surface area contributed by atoms with Gasteiger partial charge in [0.1, 0.15) is 12.4 Å². The summed E-state index contributed by atoms with van der Waals surface area (Å²) in [6, 6.07) is 9.05. The molecule has 7 nitrogen and oxygen atoms in total. The van der Waals surface area contributed by atoms with Crippen molar-refractivity contribution in [3.63, 3.8) is 0 Å². The normalized spacial score (nSPS) is 11.6. The summed E-state index contributed by atoms with van der Waals surface area (Å²) in [5, 5.41) is 22.6. The number of hydrogen-bond acceptors (Lipinski definition) is 5. The molecule has 0 aliphatic rings. The van der Waals surface area contributed by atoms with E-state index in [1.807, 2.05) is 31.2 Å². The monoisotopic (exact) mass is 284 g/mol. The van der Waals surface area contributed by atoms with Gasteiger partial charge in [0, 0.05) is 0 Å². The summed E-state index contributed by atoms with van der Waals surface area (Å²) in [7, 11) is 0. The highest BCUT2D eigenvalue weighted by Crippen LogP contribution is 2.08. The maximum Gasteiger partial charge on any atom is 0.225 e. The van der Waals surface area contributed by atoms with E-state index in [4.69, 9.17) is 5.26 Å². The predicted octanol–water partition coefficient (Wildman–Crippen LogP) is 1.01. The Morgan fingerprint density at radius 3 is 2.76 bits per heavy atom. The van der Waals surface area contributed by atoms with Crippen molar-refractivity contribution in [1.29, 1.82) is 5.26 Å². The average molecular weight is 284 g/mol. The highest BCUT2D eigenvalue weighted by Gasteiger charge is 2.10. The standard InChI is InChI=1S/C14H16N6O/c1-2-3-12(9-15)17-14(21)8-11-4-6-13(7-5-11)20-10-16-18-19-20/h4-7,10,12H,2-3,8H2,1H3,(H,17,21)/t12-/m0/s1.